The average Bonchev–Trinajstić information content (AvgIpc) is 3.01. The van der Waals surface area contributed by atoms with E-state index < -0.39 is 17.5 Å². The Morgan fingerprint density at radius 1 is 1.13 bits per heavy atom. The van der Waals surface area contributed by atoms with Gasteiger partial charge >= 0.3 is 6.03 Å². The second-order valence-electron chi connectivity index (χ2n) is 8.40. The van der Waals surface area contributed by atoms with Crippen molar-refractivity contribution in [1.82, 2.24) is 10.2 Å². The Kier molecular flexibility index (Phi) is 5.67. The minimum absolute atomic E-state index is 0.0611. The van der Waals surface area contributed by atoms with E-state index in [9.17, 15) is 14.4 Å². The summed E-state index contributed by atoms with van der Waals surface area (Å²) >= 11 is 0. The lowest BCUT2D eigenvalue weighted by molar-refractivity contribution is -0.136. The van der Waals surface area contributed by atoms with Gasteiger partial charge in [0.2, 0.25) is 5.91 Å². The number of carbonyl (C=O) groups excluding carboxylic acids is 3. The molecule has 1 spiro atoms. The molecule has 4 amide bonds. The van der Waals surface area contributed by atoms with Crippen LogP contribution in [-0.2, 0) is 9.59 Å². The number of urea groups is 1. The first kappa shape index (κ1) is 20.9. The van der Waals surface area contributed by atoms with Gasteiger partial charge in [-0.3, -0.25) is 14.5 Å². The zero-order valence-electron chi connectivity index (χ0n) is 17.9. The van der Waals surface area contributed by atoms with Crippen LogP contribution in [-0.4, -0.2) is 41.9 Å². The molecule has 2 aromatic carbocycles. The van der Waals surface area contributed by atoms with Crippen molar-refractivity contribution in [3.05, 3.63) is 54.6 Å². The molecule has 2 fully saturated rings. The Morgan fingerprint density at radius 2 is 1.84 bits per heavy atom. The molecule has 7 heteroatoms. The van der Waals surface area contributed by atoms with Gasteiger partial charge in [-0.15, -0.1) is 0 Å². The lowest BCUT2D eigenvalue weighted by Crippen LogP contribution is -2.54. The Hall–Kier alpha value is -3.35. The summed E-state index contributed by atoms with van der Waals surface area (Å²) in [6.07, 6.45) is 3.47. The van der Waals surface area contributed by atoms with Gasteiger partial charge in [0, 0.05) is 12.7 Å². The van der Waals surface area contributed by atoms with Crippen molar-refractivity contribution in [2.75, 3.05) is 23.8 Å². The molecule has 162 valence electrons. The van der Waals surface area contributed by atoms with Crippen LogP contribution in [0.1, 0.15) is 32.6 Å². The molecule has 31 heavy (non-hydrogen) atoms. The monoisotopic (exact) mass is 420 g/mol. The second-order valence-corrected chi connectivity index (χ2v) is 8.40. The second kappa shape index (κ2) is 8.41. The predicted octanol–water partition coefficient (Wildman–Crippen LogP) is 3.89. The van der Waals surface area contributed by atoms with Crippen molar-refractivity contribution in [1.29, 1.82) is 0 Å². The van der Waals surface area contributed by atoms with Gasteiger partial charge in [0.25, 0.3) is 5.91 Å². The third-order valence-electron chi connectivity index (χ3n) is 6.49. The molecule has 1 saturated carbocycles. The van der Waals surface area contributed by atoms with Gasteiger partial charge in [0.1, 0.15) is 12.1 Å². The zero-order chi connectivity index (χ0) is 22.0. The summed E-state index contributed by atoms with van der Waals surface area (Å²) in [5.74, 6) is -0.626. The van der Waals surface area contributed by atoms with E-state index >= 15 is 0 Å². The van der Waals surface area contributed by atoms with Crippen molar-refractivity contribution in [2.45, 2.75) is 38.1 Å². The fraction of sp³-hybridized carbons (Fsp3) is 0.375. The number of rotatable bonds is 5. The van der Waals surface area contributed by atoms with Crippen molar-refractivity contribution < 1.29 is 14.4 Å². The number of amides is 4. The van der Waals surface area contributed by atoms with Crippen molar-refractivity contribution >= 4 is 34.9 Å². The van der Waals surface area contributed by atoms with Crippen LogP contribution in [0.3, 0.4) is 0 Å². The van der Waals surface area contributed by atoms with Crippen LogP contribution in [0.4, 0.5) is 21.9 Å². The van der Waals surface area contributed by atoms with Gasteiger partial charge in [0.15, 0.2) is 0 Å². The fourth-order valence-corrected chi connectivity index (χ4v) is 4.63. The summed E-state index contributed by atoms with van der Waals surface area (Å²) in [6, 6.07) is 16.8. The molecular weight excluding hydrogens is 392 g/mol. The smallest absolute Gasteiger partial charge is 0.325 e. The lowest BCUT2D eigenvalue weighted by atomic mass is 9.73. The molecule has 7 nitrogen and oxygen atoms in total. The number of nitrogens with one attached hydrogen (secondary N) is 2. The number of hydrogen-bond donors (Lipinski definition) is 2. The molecule has 0 radical (unpaired) electrons. The van der Waals surface area contributed by atoms with Crippen molar-refractivity contribution in [2.24, 2.45) is 5.92 Å². The summed E-state index contributed by atoms with van der Waals surface area (Å²) < 4.78 is 0. The van der Waals surface area contributed by atoms with Gasteiger partial charge in [-0.2, -0.15) is 0 Å². The summed E-state index contributed by atoms with van der Waals surface area (Å²) in [7, 11) is 1.92. The summed E-state index contributed by atoms with van der Waals surface area (Å²) in [5, 5.41) is 5.77. The Balaban J connectivity index is 1.49. The van der Waals surface area contributed by atoms with Gasteiger partial charge in [-0.25, -0.2) is 4.79 Å². The van der Waals surface area contributed by atoms with E-state index in [-0.39, 0.29) is 18.4 Å². The van der Waals surface area contributed by atoms with Crippen LogP contribution >= 0.6 is 0 Å². The minimum Gasteiger partial charge on any atom is -0.343 e. The standard InChI is InChI=1S/C24H28N4O3/c1-17-10-8-9-15-24(17)22(30)28(23(31)26-24)16-21(29)25-19-13-6-7-14-20(19)27(2)18-11-4-3-5-12-18/h3-7,11-14,17H,8-10,15-16H2,1-2H3,(H,25,29)(H,26,31)/t17-,24-/m1/s1. The topological polar surface area (TPSA) is 81.8 Å². The normalized spacial score (nSPS) is 23.0. The first-order valence-electron chi connectivity index (χ1n) is 10.7. The average molecular weight is 421 g/mol. The molecule has 2 aromatic rings. The van der Waals surface area contributed by atoms with E-state index in [0.717, 1.165) is 35.5 Å². The summed E-state index contributed by atoms with van der Waals surface area (Å²) in [6.45, 7) is 1.69. The highest BCUT2D eigenvalue weighted by atomic mass is 16.2. The largest absolute Gasteiger partial charge is 0.343 e. The van der Waals surface area contributed by atoms with Crippen molar-refractivity contribution in [3.8, 4) is 0 Å². The summed E-state index contributed by atoms with van der Waals surface area (Å²) in [4.78, 5) is 41.5. The lowest BCUT2D eigenvalue weighted by Gasteiger charge is -2.36. The SMILES string of the molecule is C[C@@H]1CCCC[C@@]12NC(=O)N(CC(=O)Nc1ccccc1N(C)c1ccccc1)C2=O. The quantitative estimate of drug-likeness (QED) is 0.719. The van der Waals surface area contributed by atoms with Gasteiger partial charge in [-0.1, -0.05) is 50.1 Å². The first-order valence-corrected chi connectivity index (χ1v) is 10.7. The number of anilines is 3. The molecule has 0 bridgehead atoms. The molecule has 2 aliphatic rings. The maximum absolute atomic E-state index is 13.1. The highest BCUT2D eigenvalue weighted by Gasteiger charge is 2.55. The highest BCUT2D eigenvalue weighted by Crippen LogP contribution is 2.38. The van der Waals surface area contributed by atoms with E-state index in [2.05, 4.69) is 10.6 Å². The maximum atomic E-state index is 13.1. The van der Waals surface area contributed by atoms with Crippen LogP contribution in [0.25, 0.3) is 0 Å². The van der Waals surface area contributed by atoms with Gasteiger partial charge < -0.3 is 15.5 Å². The predicted molar refractivity (Wildman–Crippen MR) is 120 cm³/mol. The molecule has 0 unspecified atom stereocenters. The molecule has 1 saturated heterocycles. The molecule has 2 N–H and O–H groups in total. The number of nitrogens with zero attached hydrogens (tertiary/aromatic N) is 2. The van der Waals surface area contributed by atoms with Crippen LogP contribution in [0.15, 0.2) is 54.6 Å². The van der Waals surface area contributed by atoms with Gasteiger partial charge in [0.05, 0.1) is 11.4 Å². The number of para-hydroxylation sites is 3. The number of benzene rings is 2. The number of hydrogen-bond acceptors (Lipinski definition) is 4. The van der Waals surface area contributed by atoms with Crippen LogP contribution in [0.2, 0.25) is 0 Å². The molecular formula is C24H28N4O3. The van der Waals surface area contributed by atoms with Gasteiger partial charge in [-0.05, 0) is 43.0 Å². The first-order chi connectivity index (χ1) is 14.9. The molecule has 2 atom stereocenters. The highest BCUT2D eigenvalue weighted by molar-refractivity contribution is 6.10. The summed E-state index contributed by atoms with van der Waals surface area (Å²) in [5.41, 5.74) is 1.55. The third-order valence-corrected chi connectivity index (χ3v) is 6.49. The van der Waals surface area contributed by atoms with Crippen molar-refractivity contribution in [3.63, 3.8) is 0 Å². The Labute approximate surface area is 182 Å². The Morgan fingerprint density at radius 3 is 2.58 bits per heavy atom. The fourth-order valence-electron chi connectivity index (χ4n) is 4.63. The molecule has 4 rings (SSSR count). The third kappa shape index (κ3) is 3.87. The van der Waals surface area contributed by atoms with E-state index in [1.165, 1.54) is 0 Å². The van der Waals surface area contributed by atoms with E-state index in [0.29, 0.717) is 12.1 Å². The van der Waals surface area contributed by atoms with E-state index in [1.807, 2.05) is 73.5 Å². The molecule has 0 aromatic heterocycles. The number of carbonyl (C=O) groups is 3. The number of imide groups is 1. The molecule has 1 aliphatic heterocycles. The Bertz CT molecular complexity index is 993. The molecule has 1 heterocycles. The van der Waals surface area contributed by atoms with E-state index in [4.69, 9.17) is 0 Å². The van der Waals surface area contributed by atoms with E-state index in [1.54, 1.807) is 0 Å². The maximum Gasteiger partial charge on any atom is 0.325 e. The zero-order valence-corrected chi connectivity index (χ0v) is 17.9. The molecule has 1 aliphatic carbocycles. The van der Waals surface area contributed by atoms with Crippen LogP contribution in [0.5, 0.6) is 0 Å². The minimum atomic E-state index is -0.860. The van der Waals surface area contributed by atoms with Crippen LogP contribution in [0, 0.1) is 5.92 Å². The van der Waals surface area contributed by atoms with Crippen LogP contribution < -0.4 is 15.5 Å².